The van der Waals surface area contributed by atoms with Gasteiger partial charge in [0.15, 0.2) is 0 Å². The minimum atomic E-state index is -0.204. The van der Waals surface area contributed by atoms with Gasteiger partial charge in [0.2, 0.25) is 5.91 Å². The fourth-order valence-corrected chi connectivity index (χ4v) is 3.51. The van der Waals surface area contributed by atoms with Crippen molar-refractivity contribution in [2.75, 3.05) is 25.5 Å². The summed E-state index contributed by atoms with van der Waals surface area (Å²) in [4.78, 5) is 30.9. The van der Waals surface area contributed by atoms with Crippen molar-refractivity contribution in [1.82, 2.24) is 4.90 Å². The number of dihydropyridines is 1. The lowest BCUT2D eigenvalue weighted by molar-refractivity contribution is -0.117. The van der Waals surface area contributed by atoms with E-state index < -0.39 is 0 Å². The van der Waals surface area contributed by atoms with Crippen LogP contribution in [0.4, 0.5) is 5.69 Å². The van der Waals surface area contributed by atoms with Gasteiger partial charge in [0.1, 0.15) is 0 Å². The average Bonchev–Trinajstić information content (AvgIpc) is 2.89. The molecule has 0 aromatic heterocycles. The molecule has 1 aromatic rings. The van der Waals surface area contributed by atoms with Crippen LogP contribution in [-0.4, -0.2) is 43.6 Å². The lowest BCUT2D eigenvalue weighted by atomic mass is 9.91. The highest BCUT2D eigenvalue weighted by atomic mass is 16.2. The van der Waals surface area contributed by atoms with Crippen LogP contribution in [0, 0.1) is 5.92 Å². The van der Waals surface area contributed by atoms with Gasteiger partial charge < -0.3 is 9.80 Å². The van der Waals surface area contributed by atoms with E-state index in [0.717, 1.165) is 28.9 Å². The molecule has 3 aliphatic heterocycles. The zero-order valence-corrected chi connectivity index (χ0v) is 14.3. The number of carbonyl (C=O) groups is 2. The van der Waals surface area contributed by atoms with Gasteiger partial charge in [-0.2, -0.15) is 0 Å². The molecule has 0 N–H and O–H groups in total. The lowest BCUT2D eigenvalue weighted by Crippen LogP contribution is -2.23. The molecule has 5 nitrogen and oxygen atoms in total. The van der Waals surface area contributed by atoms with Crippen LogP contribution in [0.15, 0.2) is 53.2 Å². The van der Waals surface area contributed by atoms with Crippen molar-refractivity contribution in [3.8, 4) is 0 Å². The van der Waals surface area contributed by atoms with Gasteiger partial charge in [-0.15, -0.1) is 0 Å². The third-order valence-electron chi connectivity index (χ3n) is 4.86. The van der Waals surface area contributed by atoms with E-state index in [2.05, 4.69) is 34.3 Å². The molecule has 126 valence electrons. The number of amides is 2. The van der Waals surface area contributed by atoms with E-state index in [-0.39, 0.29) is 17.7 Å². The molecule has 3 aliphatic rings. The van der Waals surface area contributed by atoms with Crippen LogP contribution in [0.2, 0.25) is 0 Å². The number of carbonyl (C=O) groups excluding carboxylic acids is 2. The smallest absolute Gasteiger partial charge is 0.269 e. The van der Waals surface area contributed by atoms with Gasteiger partial charge in [-0.25, -0.2) is 4.99 Å². The second-order valence-electron chi connectivity index (χ2n) is 6.69. The van der Waals surface area contributed by atoms with Gasteiger partial charge in [-0.05, 0) is 34.4 Å². The summed E-state index contributed by atoms with van der Waals surface area (Å²) in [6, 6.07) is 6.17. The van der Waals surface area contributed by atoms with Gasteiger partial charge in [-0.3, -0.25) is 9.59 Å². The molecule has 0 bridgehead atoms. The number of likely N-dealkylation sites (N-methyl/N-ethyl adjacent to an activating group) is 2. The first-order valence-electron chi connectivity index (χ1n) is 8.30. The Kier molecular flexibility index (Phi) is 3.64. The van der Waals surface area contributed by atoms with E-state index in [1.165, 1.54) is 11.6 Å². The molecule has 5 heteroatoms. The minimum Gasteiger partial charge on any atom is -0.376 e. The lowest BCUT2D eigenvalue weighted by Gasteiger charge is -2.26. The maximum Gasteiger partial charge on any atom is 0.269 e. The van der Waals surface area contributed by atoms with Crippen molar-refractivity contribution in [3.05, 3.63) is 59.3 Å². The van der Waals surface area contributed by atoms with Crippen LogP contribution in [0.5, 0.6) is 0 Å². The van der Waals surface area contributed by atoms with Gasteiger partial charge in [0.25, 0.3) is 5.91 Å². The largest absolute Gasteiger partial charge is 0.376 e. The fourth-order valence-electron chi connectivity index (χ4n) is 3.51. The number of rotatable bonds is 2. The van der Waals surface area contributed by atoms with E-state index in [4.69, 9.17) is 0 Å². The zero-order valence-electron chi connectivity index (χ0n) is 14.3. The van der Waals surface area contributed by atoms with Crippen LogP contribution in [0.1, 0.15) is 11.1 Å². The Morgan fingerprint density at radius 1 is 1.20 bits per heavy atom. The van der Waals surface area contributed by atoms with Crippen LogP contribution in [0.25, 0.3) is 5.57 Å². The third-order valence-corrected chi connectivity index (χ3v) is 4.86. The Bertz CT molecular complexity index is 876. The topological polar surface area (TPSA) is 53.0 Å². The Morgan fingerprint density at radius 3 is 2.80 bits per heavy atom. The van der Waals surface area contributed by atoms with Crippen molar-refractivity contribution in [2.24, 2.45) is 10.9 Å². The molecule has 0 aliphatic carbocycles. The average molecular weight is 333 g/mol. The van der Waals surface area contributed by atoms with E-state index in [0.29, 0.717) is 6.42 Å². The summed E-state index contributed by atoms with van der Waals surface area (Å²) in [5, 5.41) is 0. The standard InChI is InChI=1S/C20H19N3O2/c1-22-11-16(8-17(12-22)14-4-6-19(24)21-10-14)13-3-5-18-15(7-13)9-20(25)23(18)2/h3-8,10-11,14H,9,12H2,1-2H3. The van der Waals surface area contributed by atoms with E-state index in [1.54, 1.807) is 11.1 Å². The van der Waals surface area contributed by atoms with Gasteiger partial charge in [0, 0.05) is 50.7 Å². The summed E-state index contributed by atoms with van der Waals surface area (Å²) in [5.41, 5.74) is 5.45. The van der Waals surface area contributed by atoms with Crippen LogP contribution in [-0.2, 0) is 16.0 Å². The summed E-state index contributed by atoms with van der Waals surface area (Å²) in [6.45, 7) is 0.797. The third kappa shape index (κ3) is 2.82. The summed E-state index contributed by atoms with van der Waals surface area (Å²) in [6.07, 6.45) is 9.87. The predicted molar refractivity (Wildman–Crippen MR) is 98.4 cm³/mol. The number of fused-ring (bicyclic) bond motifs is 1. The van der Waals surface area contributed by atoms with Crippen LogP contribution < -0.4 is 4.90 Å². The van der Waals surface area contributed by atoms with E-state index in [9.17, 15) is 9.59 Å². The summed E-state index contributed by atoms with van der Waals surface area (Å²) < 4.78 is 0. The molecule has 1 atom stereocenters. The zero-order chi connectivity index (χ0) is 17.6. The molecule has 0 spiro atoms. The Balaban J connectivity index is 1.67. The van der Waals surface area contributed by atoms with E-state index >= 15 is 0 Å². The maximum absolute atomic E-state index is 11.9. The first kappa shape index (κ1) is 15.6. The maximum atomic E-state index is 11.9. The van der Waals surface area contributed by atoms with Crippen LogP contribution in [0.3, 0.4) is 0 Å². The predicted octanol–water partition coefficient (Wildman–Crippen LogP) is 2.20. The van der Waals surface area contributed by atoms with Crippen LogP contribution >= 0.6 is 0 Å². The number of nitrogens with zero attached hydrogens (tertiary/aromatic N) is 3. The van der Waals surface area contributed by atoms with Crippen molar-refractivity contribution in [2.45, 2.75) is 6.42 Å². The Hall–Kier alpha value is -2.95. The summed E-state index contributed by atoms with van der Waals surface area (Å²) >= 11 is 0. The molecular formula is C20H19N3O2. The first-order chi connectivity index (χ1) is 12.0. The number of hydrogen-bond donors (Lipinski definition) is 0. The molecule has 4 rings (SSSR count). The SMILES string of the molecule is CN1C=C(c2ccc3c(c2)CC(=O)N3C)C=C(C2C=CC(=O)N=C2)C1. The first-order valence-corrected chi connectivity index (χ1v) is 8.30. The monoisotopic (exact) mass is 333 g/mol. The molecule has 0 saturated heterocycles. The molecule has 25 heavy (non-hydrogen) atoms. The normalized spacial score (nSPS) is 22.2. The molecule has 1 unspecified atom stereocenters. The van der Waals surface area contributed by atoms with Gasteiger partial charge in [0.05, 0.1) is 6.42 Å². The highest BCUT2D eigenvalue weighted by Gasteiger charge is 2.25. The van der Waals surface area contributed by atoms with Crippen molar-refractivity contribution in [3.63, 3.8) is 0 Å². The van der Waals surface area contributed by atoms with Crippen molar-refractivity contribution < 1.29 is 9.59 Å². The summed E-state index contributed by atoms with van der Waals surface area (Å²) in [5.74, 6) is -0.0264. The molecule has 1 aromatic carbocycles. The number of anilines is 1. The molecule has 0 radical (unpaired) electrons. The number of benzene rings is 1. The molecule has 2 amide bonds. The Labute approximate surface area is 146 Å². The molecule has 3 heterocycles. The quantitative estimate of drug-likeness (QED) is 0.834. The van der Waals surface area contributed by atoms with Crippen molar-refractivity contribution >= 4 is 29.3 Å². The molecular weight excluding hydrogens is 314 g/mol. The number of aliphatic imine (C=N–C) groups is 1. The number of hydrogen-bond acceptors (Lipinski definition) is 3. The van der Waals surface area contributed by atoms with Gasteiger partial charge in [-0.1, -0.05) is 18.2 Å². The minimum absolute atomic E-state index is 0.0472. The molecule has 0 saturated carbocycles. The van der Waals surface area contributed by atoms with Gasteiger partial charge >= 0.3 is 0 Å². The highest BCUT2D eigenvalue weighted by Crippen LogP contribution is 2.33. The van der Waals surface area contributed by atoms with E-state index in [1.807, 2.05) is 26.2 Å². The summed E-state index contributed by atoms with van der Waals surface area (Å²) in [7, 11) is 3.85. The second-order valence-corrected chi connectivity index (χ2v) is 6.69. The van der Waals surface area contributed by atoms with Crippen molar-refractivity contribution in [1.29, 1.82) is 0 Å². The fraction of sp³-hybridized carbons (Fsp3) is 0.250. The Morgan fingerprint density at radius 2 is 2.04 bits per heavy atom. The second kappa shape index (κ2) is 5.84. The molecule has 0 fully saturated rings. The number of allylic oxidation sites excluding steroid dienone is 3. The highest BCUT2D eigenvalue weighted by molar-refractivity contribution is 6.01.